The van der Waals surface area contributed by atoms with Crippen molar-refractivity contribution in [2.75, 3.05) is 37.9 Å². The molecule has 0 fully saturated rings. The molecule has 0 atom stereocenters. The predicted molar refractivity (Wildman–Crippen MR) is 122 cm³/mol. The SMILES string of the molecule is COc1ccc(NC(=O)CN(C)CC(=O)Nc2c(C(C)C)cccc2C(C)C)cc1. The van der Waals surface area contributed by atoms with Crippen LogP contribution in [0.3, 0.4) is 0 Å². The Hall–Kier alpha value is -2.86. The van der Waals surface area contributed by atoms with Crippen LogP contribution in [0.25, 0.3) is 0 Å². The molecule has 30 heavy (non-hydrogen) atoms. The van der Waals surface area contributed by atoms with Crippen molar-refractivity contribution in [3.05, 3.63) is 53.6 Å². The lowest BCUT2D eigenvalue weighted by Crippen LogP contribution is -2.36. The number of hydrogen-bond donors (Lipinski definition) is 2. The van der Waals surface area contributed by atoms with Crippen molar-refractivity contribution in [1.82, 2.24) is 4.90 Å². The zero-order valence-corrected chi connectivity index (χ0v) is 18.8. The van der Waals surface area contributed by atoms with Crippen molar-refractivity contribution in [3.63, 3.8) is 0 Å². The molecule has 2 amide bonds. The van der Waals surface area contributed by atoms with E-state index in [-0.39, 0.29) is 24.9 Å². The van der Waals surface area contributed by atoms with E-state index in [2.05, 4.69) is 50.5 Å². The second-order valence-electron chi connectivity index (χ2n) is 8.12. The first-order valence-corrected chi connectivity index (χ1v) is 10.3. The van der Waals surface area contributed by atoms with Crippen LogP contribution in [0, 0.1) is 0 Å². The lowest BCUT2D eigenvalue weighted by Gasteiger charge is -2.22. The molecule has 2 aromatic rings. The van der Waals surface area contributed by atoms with Gasteiger partial charge in [-0.3, -0.25) is 14.5 Å². The monoisotopic (exact) mass is 411 g/mol. The summed E-state index contributed by atoms with van der Waals surface area (Å²) in [6.45, 7) is 8.70. The third-order valence-electron chi connectivity index (χ3n) is 4.84. The molecule has 2 N–H and O–H groups in total. The number of rotatable bonds is 9. The maximum Gasteiger partial charge on any atom is 0.238 e. The Kier molecular flexibility index (Phi) is 8.42. The van der Waals surface area contributed by atoms with Crippen molar-refractivity contribution in [3.8, 4) is 5.75 Å². The Balaban J connectivity index is 1.96. The molecule has 2 aromatic carbocycles. The number of carbonyl (C=O) groups excluding carboxylic acids is 2. The Morgan fingerprint density at radius 2 is 1.37 bits per heavy atom. The van der Waals surface area contributed by atoms with E-state index in [1.165, 1.54) is 0 Å². The van der Waals surface area contributed by atoms with Crippen molar-refractivity contribution < 1.29 is 14.3 Å². The lowest BCUT2D eigenvalue weighted by atomic mass is 9.92. The number of carbonyl (C=O) groups is 2. The molecule has 0 radical (unpaired) electrons. The van der Waals surface area contributed by atoms with Crippen molar-refractivity contribution in [2.45, 2.75) is 39.5 Å². The minimum Gasteiger partial charge on any atom is -0.497 e. The molecule has 6 heteroatoms. The van der Waals surface area contributed by atoms with Gasteiger partial charge in [-0.2, -0.15) is 0 Å². The number of hydrogen-bond acceptors (Lipinski definition) is 4. The summed E-state index contributed by atoms with van der Waals surface area (Å²) in [5.74, 6) is 1.01. The van der Waals surface area contributed by atoms with Gasteiger partial charge in [0.1, 0.15) is 5.75 Å². The molecule has 0 bridgehead atoms. The highest BCUT2D eigenvalue weighted by Crippen LogP contribution is 2.32. The molecule has 0 aliphatic heterocycles. The molecule has 162 valence electrons. The summed E-state index contributed by atoms with van der Waals surface area (Å²) in [7, 11) is 3.35. The number of nitrogens with one attached hydrogen (secondary N) is 2. The molecule has 0 aliphatic carbocycles. The van der Waals surface area contributed by atoms with E-state index < -0.39 is 0 Å². The summed E-state index contributed by atoms with van der Waals surface area (Å²) < 4.78 is 5.11. The largest absolute Gasteiger partial charge is 0.497 e. The van der Waals surface area contributed by atoms with E-state index in [4.69, 9.17) is 4.74 Å². The zero-order chi connectivity index (χ0) is 22.3. The van der Waals surface area contributed by atoms with E-state index in [1.54, 1.807) is 43.3 Å². The topological polar surface area (TPSA) is 70.7 Å². The second kappa shape index (κ2) is 10.8. The van der Waals surface area contributed by atoms with Crippen LogP contribution in [0.15, 0.2) is 42.5 Å². The molecule has 0 heterocycles. The van der Waals surface area contributed by atoms with E-state index in [0.717, 1.165) is 22.6 Å². The molecule has 0 unspecified atom stereocenters. The zero-order valence-electron chi connectivity index (χ0n) is 18.8. The van der Waals surface area contributed by atoms with Crippen LogP contribution in [-0.2, 0) is 9.59 Å². The van der Waals surface area contributed by atoms with E-state index in [0.29, 0.717) is 17.5 Å². The van der Waals surface area contributed by atoms with Gasteiger partial charge < -0.3 is 15.4 Å². The van der Waals surface area contributed by atoms with Crippen molar-refractivity contribution in [2.24, 2.45) is 0 Å². The van der Waals surface area contributed by atoms with Gasteiger partial charge in [0.15, 0.2) is 0 Å². The minimum absolute atomic E-state index is 0.113. The quantitative estimate of drug-likeness (QED) is 0.639. The van der Waals surface area contributed by atoms with Gasteiger partial charge in [0.25, 0.3) is 0 Å². The van der Waals surface area contributed by atoms with Crippen molar-refractivity contribution >= 4 is 23.2 Å². The fraction of sp³-hybridized carbons (Fsp3) is 0.417. The summed E-state index contributed by atoms with van der Waals surface area (Å²) in [6, 6.07) is 13.3. The molecular formula is C24H33N3O3. The number of para-hydroxylation sites is 1. The van der Waals surface area contributed by atoms with Crippen LogP contribution in [0.2, 0.25) is 0 Å². The third-order valence-corrected chi connectivity index (χ3v) is 4.84. The molecular weight excluding hydrogens is 378 g/mol. The third kappa shape index (κ3) is 6.59. The highest BCUT2D eigenvalue weighted by molar-refractivity contribution is 5.95. The van der Waals surface area contributed by atoms with Gasteiger partial charge in [-0.05, 0) is 54.3 Å². The smallest absolute Gasteiger partial charge is 0.238 e. The van der Waals surface area contributed by atoms with E-state index >= 15 is 0 Å². The number of nitrogens with zero attached hydrogens (tertiary/aromatic N) is 1. The molecule has 2 rings (SSSR count). The number of anilines is 2. The summed E-state index contributed by atoms with van der Waals surface area (Å²) >= 11 is 0. The van der Waals surface area contributed by atoms with Gasteiger partial charge in [-0.1, -0.05) is 45.9 Å². The summed E-state index contributed by atoms with van der Waals surface area (Å²) in [4.78, 5) is 26.7. The molecule has 0 aliphatic rings. The van der Waals surface area contributed by atoms with Crippen LogP contribution in [0.1, 0.15) is 50.7 Å². The van der Waals surface area contributed by atoms with Crippen LogP contribution >= 0.6 is 0 Å². The first-order chi connectivity index (χ1) is 14.2. The average molecular weight is 412 g/mol. The molecule has 0 saturated carbocycles. The van der Waals surface area contributed by atoms with Gasteiger partial charge in [-0.25, -0.2) is 0 Å². The van der Waals surface area contributed by atoms with E-state index in [9.17, 15) is 9.59 Å². The fourth-order valence-corrected chi connectivity index (χ4v) is 3.30. The number of amides is 2. The Labute approximate surface area is 179 Å². The van der Waals surface area contributed by atoms with Gasteiger partial charge in [0.2, 0.25) is 11.8 Å². The average Bonchev–Trinajstić information content (AvgIpc) is 2.67. The van der Waals surface area contributed by atoms with E-state index in [1.807, 2.05) is 6.07 Å². The molecule has 6 nitrogen and oxygen atoms in total. The maximum atomic E-state index is 12.7. The summed E-state index contributed by atoms with van der Waals surface area (Å²) in [6.07, 6.45) is 0. The number of ether oxygens (including phenoxy) is 1. The Morgan fingerprint density at radius 3 is 1.83 bits per heavy atom. The molecule has 0 saturated heterocycles. The number of benzene rings is 2. The lowest BCUT2D eigenvalue weighted by molar-refractivity contribution is -0.119. The minimum atomic E-state index is -0.180. The molecule has 0 spiro atoms. The Bertz CT molecular complexity index is 834. The summed E-state index contributed by atoms with van der Waals surface area (Å²) in [5, 5.41) is 5.91. The first-order valence-electron chi connectivity index (χ1n) is 10.3. The van der Waals surface area contributed by atoms with Crippen LogP contribution in [-0.4, -0.2) is 44.0 Å². The standard InChI is InChI=1S/C24H33N3O3/c1-16(2)20-8-7-9-21(17(3)4)24(20)26-23(29)15-27(5)14-22(28)25-18-10-12-19(30-6)13-11-18/h7-13,16-17H,14-15H2,1-6H3,(H,25,28)(H,26,29). The van der Waals surface area contributed by atoms with Gasteiger partial charge in [-0.15, -0.1) is 0 Å². The predicted octanol–water partition coefficient (Wildman–Crippen LogP) is 4.45. The fourth-order valence-electron chi connectivity index (χ4n) is 3.30. The van der Waals surface area contributed by atoms with Gasteiger partial charge >= 0.3 is 0 Å². The van der Waals surface area contributed by atoms with Gasteiger partial charge in [0.05, 0.1) is 20.2 Å². The highest BCUT2D eigenvalue weighted by atomic mass is 16.5. The molecule has 0 aromatic heterocycles. The van der Waals surface area contributed by atoms with Gasteiger partial charge in [0, 0.05) is 11.4 Å². The van der Waals surface area contributed by atoms with Crippen LogP contribution in [0.5, 0.6) is 5.75 Å². The first kappa shape index (κ1) is 23.4. The number of methoxy groups -OCH3 is 1. The number of likely N-dealkylation sites (N-methyl/N-ethyl adjacent to an activating group) is 1. The summed E-state index contributed by atoms with van der Waals surface area (Å²) in [5.41, 5.74) is 3.82. The normalized spacial score (nSPS) is 11.1. The second-order valence-corrected chi connectivity index (χ2v) is 8.12. The van der Waals surface area contributed by atoms with Crippen LogP contribution in [0.4, 0.5) is 11.4 Å². The Morgan fingerprint density at radius 1 is 0.867 bits per heavy atom. The van der Waals surface area contributed by atoms with Crippen LogP contribution < -0.4 is 15.4 Å². The van der Waals surface area contributed by atoms with Crippen molar-refractivity contribution in [1.29, 1.82) is 0 Å². The highest BCUT2D eigenvalue weighted by Gasteiger charge is 2.17. The maximum absolute atomic E-state index is 12.7.